The Labute approximate surface area is 168 Å². The maximum absolute atomic E-state index is 12.4. The molecule has 0 radical (unpaired) electrons. The molecule has 0 N–H and O–H groups in total. The van der Waals surface area contributed by atoms with Crippen LogP contribution in [0.25, 0.3) is 11.3 Å². The first-order chi connectivity index (χ1) is 13.0. The second-order valence-electron chi connectivity index (χ2n) is 6.15. The van der Waals surface area contributed by atoms with E-state index in [1.54, 1.807) is 12.3 Å². The maximum Gasteiger partial charge on any atom is 0.258 e. The topological polar surface area (TPSA) is 65.1 Å². The van der Waals surface area contributed by atoms with Gasteiger partial charge in [-0.3, -0.25) is 13.8 Å². The summed E-state index contributed by atoms with van der Waals surface area (Å²) < 4.78 is 4.38. The summed E-state index contributed by atoms with van der Waals surface area (Å²) in [5, 5.41) is 9.28. The molecule has 3 aromatic heterocycles. The summed E-state index contributed by atoms with van der Waals surface area (Å²) in [7, 11) is 0. The fourth-order valence-electron chi connectivity index (χ4n) is 2.84. The molecule has 0 aliphatic heterocycles. The Hall–Kier alpha value is -2.45. The number of hydrogen-bond acceptors (Lipinski definition) is 5. The van der Waals surface area contributed by atoms with Crippen molar-refractivity contribution in [3.8, 4) is 5.69 Å². The molecule has 8 heteroatoms. The highest BCUT2D eigenvalue weighted by Crippen LogP contribution is 2.25. The van der Waals surface area contributed by atoms with E-state index in [4.69, 9.17) is 0 Å². The molecular formula is C19H16BrN5OS. The van der Waals surface area contributed by atoms with Crippen LogP contribution in [0.3, 0.4) is 0 Å². The number of rotatable bonds is 4. The molecule has 0 fully saturated rings. The van der Waals surface area contributed by atoms with E-state index in [1.807, 2.05) is 35.8 Å². The molecule has 27 heavy (non-hydrogen) atoms. The first-order valence-electron chi connectivity index (χ1n) is 8.31. The van der Waals surface area contributed by atoms with E-state index >= 15 is 0 Å². The van der Waals surface area contributed by atoms with Crippen molar-refractivity contribution in [2.24, 2.45) is 0 Å². The monoisotopic (exact) mass is 441 g/mol. The van der Waals surface area contributed by atoms with E-state index in [2.05, 4.69) is 50.2 Å². The molecule has 4 rings (SSSR count). The van der Waals surface area contributed by atoms with Gasteiger partial charge in [-0.25, -0.2) is 4.98 Å². The molecule has 1 aromatic carbocycles. The van der Waals surface area contributed by atoms with Crippen molar-refractivity contribution in [3.63, 3.8) is 0 Å². The van der Waals surface area contributed by atoms with Crippen LogP contribution in [0.15, 0.2) is 63.1 Å². The van der Waals surface area contributed by atoms with E-state index in [-0.39, 0.29) is 5.56 Å². The first-order valence-corrected chi connectivity index (χ1v) is 10.1. The number of aromatic nitrogens is 5. The second-order valence-corrected chi connectivity index (χ2v) is 8.01. The van der Waals surface area contributed by atoms with Crippen molar-refractivity contribution >= 4 is 33.3 Å². The Morgan fingerprint density at radius 2 is 1.96 bits per heavy atom. The van der Waals surface area contributed by atoms with Crippen LogP contribution < -0.4 is 5.56 Å². The summed E-state index contributed by atoms with van der Waals surface area (Å²) in [4.78, 5) is 16.9. The van der Waals surface area contributed by atoms with Gasteiger partial charge in [0.25, 0.3) is 5.56 Å². The van der Waals surface area contributed by atoms with Crippen LogP contribution in [-0.2, 0) is 5.75 Å². The summed E-state index contributed by atoms with van der Waals surface area (Å²) >= 11 is 4.89. The third-order valence-corrected chi connectivity index (χ3v) is 5.51. The van der Waals surface area contributed by atoms with Gasteiger partial charge in [-0.1, -0.05) is 23.9 Å². The van der Waals surface area contributed by atoms with Crippen molar-refractivity contribution in [1.82, 2.24) is 24.1 Å². The molecule has 0 saturated carbocycles. The van der Waals surface area contributed by atoms with Gasteiger partial charge < -0.3 is 0 Å². The van der Waals surface area contributed by atoms with Crippen LogP contribution in [0.2, 0.25) is 0 Å². The summed E-state index contributed by atoms with van der Waals surface area (Å²) in [5.74, 6) is 1.35. The molecule has 3 heterocycles. The van der Waals surface area contributed by atoms with Crippen molar-refractivity contribution in [1.29, 1.82) is 0 Å². The lowest BCUT2D eigenvalue weighted by molar-refractivity contribution is 0.866. The van der Waals surface area contributed by atoms with Crippen LogP contribution in [-0.4, -0.2) is 24.1 Å². The van der Waals surface area contributed by atoms with Crippen molar-refractivity contribution < 1.29 is 0 Å². The third kappa shape index (κ3) is 3.68. The smallest absolute Gasteiger partial charge is 0.258 e. The van der Waals surface area contributed by atoms with E-state index in [0.29, 0.717) is 17.1 Å². The Balaban J connectivity index is 1.64. The van der Waals surface area contributed by atoms with Gasteiger partial charge in [-0.2, -0.15) is 0 Å². The van der Waals surface area contributed by atoms with Gasteiger partial charge in [0, 0.05) is 28.2 Å². The fraction of sp³-hybridized carbons (Fsp3) is 0.158. The number of aryl methyl sites for hydroxylation is 2. The predicted octanol–water partition coefficient (Wildman–Crippen LogP) is 3.95. The first kappa shape index (κ1) is 17.9. The van der Waals surface area contributed by atoms with Gasteiger partial charge in [-0.05, 0) is 59.6 Å². The Bertz CT molecular complexity index is 1200. The van der Waals surface area contributed by atoms with Gasteiger partial charge >= 0.3 is 0 Å². The van der Waals surface area contributed by atoms with Crippen LogP contribution in [0, 0.1) is 13.8 Å². The lowest BCUT2D eigenvalue weighted by Gasteiger charge is -2.09. The summed E-state index contributed by atoms with van der Waals surface area (Å²) in [5.41, 5.74) is 3.43. The molecule has 0 bridgehead atoms. The Kier molecular flexibility index (Phi) is 4.84. The molecule has 136 valence electrons. The standard InChI is InChI=1S/C19H16BrN5OS/c1-12-4-3-5-16(8-12)25-13(2)22-23-19(25)27-11-15-9-18(26)24-10-14(20)6-7-17(24)21-15/h3-10H,11H2,1-2H3. The van der Waals surface area contributed by atoms with Crippen LogP contribution >= 0.6 is 27.7 Å². The summed E-state index contributed by atoms with van der Waals surface area (Å²) in [6, 6.07) is 13.5. The average molecular weight is 442 g/mol. The normalized spacial score (nSPS) is 11.2. The minimum absolute atomic E-state index is 0.103. The van der Waals surface area contributed by atoms with Gasteiger partial charge in [0.15, 0.2) is 5.16 Å². The zero-order valence-corrected chi connectivity index (χ0v) is 17.2. The molecule has 0 spiro atoms. The zero-order valence-electron chi connectivity index (χ0n) is 14.8. The number of hydrogen-bond donors (Lipinski definition) is 0. The highest BCUT2D eigenvalue weighted by molar-refractivity contribution is 9.10. The number of halogens is 1. The van der Waals surface area contributed by atoms with Crippen LogP contribution in [0.4, 0.5) is 0 Å². The highest BCUT2D eigenvalue weighted by Gasteiger charge is 2.13. The quantitative estimate of drug-likeness (QED) is 0.448. The van der Waals surface area contributed by atoms with E-state index in [9.17, 15) is 4.79 Å². The lowest BCUT2D eigenvalue weighted by atomic mass is 10.2. The highest BCUT2D eigenvalue weighted by atomic mass is 79.9. The van der Waals surface area contributed by atoms with Gasteiger partial charge in [0.05, 0.1) is 5.69 Å². The summed E-state index contributed by atoms with van der Waals surface area (Å²) in [6.07, 6.45) is 1.72. The number of benzene rings is 1. The fourth-order valence-corrected chi connectivity index (χ4v) is 4.07. The van der Waals surface area contributed by atoms with Gasteiger partial charge in [0.1, 0.15) is 11.5 Å². The molecule has 0 atom stereocenters. The summed E-state index contributed by atoms with van der Waals surface area (Å²) in [6.45, 7) is 3.98. The lowest BCUT2D eigenvalue weighted by Crippen LogP contribution is -2.15. The number of pyridine rings is 1. The molecule has 0 amide bonds. The number of thioether (sulfide) groups is 1. The van der Waals surface area contributed by atoms with E-state index < -0.39 is 0 Å². The van der Waals surface area contributed by atoms with Gasteiger partial charge in [-0.15, -0.1) is 10.2 Å². The van der Waals surface area contributed by atoms with Crippen LogP contribution in [0.1, 0.15) is 17.1 Å². The van der Waals surface area contributed by atoms with E-state index in [1.165, 1.54) is 21.7 Å². The molecule has 0 unspecified atom stereocenters. The molecule has 0 aliphatic rings. The minimum atomic E-state index is -0.103. The van der Waals surface area contributed by atoms with Crippen LogP contribution in [0.5, 0.6) is 0 Å². The minimum Gasteiger partial charge on any atom is -0.274 e. The van der Waals surface area contributed by atoms with Crippen molar-refractivity contribution in [3.05, 3.63) is 80.6 Å². The average Bonchev–Trinajstić information content (AvgIpc) is 3.01. The second kappa shape index (κ2) is 7.28. The molecule has 4 aromatic rings. The Morgan fingerprint density at radius 3 is 2.78 bits per heavy atom. The molecule has 0 aliphatic carbocycles. The van der Waals surface area contributed by atoms with Gasteiger partial charge in [0.2, 0.25) is 0 Å². The molecule has 0 saturated heterocycles. The number of nitrogens with zero attached hydrogens (tertiary/aromatic N) is 5. The van der Waals surface area contributed by atoms with Crippen molar-refractivity contribution in [2.75, 3.05) is 0 Å². The van der Waals surface area contributed by atoms with E-state index in [0.717, 1.165) is 21.1 Å². The van der Waals surface area contributed by atoms with Crippen molar-refractivity contribution in [2.45, 2.75) is 24.8 Å². The SMILES string of the molecule is Cc1cccc(-n2c(C)nnc2SCc2cc(=O)n3cc(Br)ccc3n2)c1. The molecule has 6 nitrogen and oxygen atoms in total. The molecular weight excluding hydrogens is 426 g/mol. The zero-order chi connectivity index (χ0) is 19.0. The third-order valence-electron chi connectivity index (χ3n) is 4.08. The Morgan fingerprint density at radius 1 is 1.11 bits per heavy atom. The number of fused-ring (bicyclic) bond motifs is 1. The maximum atomic E-state index is 12.4. The predicted molar refractivity (Wildman–Crippen MR) is 110 cm³/mol. The largest absolute Gasteiger partial charge is 0.274 e.